The lowest BCUT2D eigenvalue weighted by molar-refractivity contribution is 0.0819. The van der Waals surface area contributed by atoms with Gasteiger partial charge in [0.2, 0.25) is 0 Å². The highest BCUT2D eigenvalue weighted by atomic mass is 35.5. The van der Waals surface area contributed by atoms with Gasteiger partial charge >= 0.3 is 0 Å². The first kappa shape index (κ1) is 18.5. The SMILES string of the molecule is C[C@@H](N[S@+]([O-])C(C)(C)C)c1ccc(OCC(F)F)cc1Cl. The Labute approximate surface area is 132 Å². The fourth-order valence-electron chi connectivity index (χ4n) is 1.51. The first-order valence-electron chi connectivity index (χ1n) is 6.49. The standard InChI is InChI=1S/C14H20ClF2NO2S/c1-9(18-21(19)14(2,3)4)11-6-5-10(7-12(11)15)20-8-13(16)17/h5-7,9,13,18H,8H2,1-4H3/t9-,21-/m1/s1. The average molecular weight is 340 g/mol. The largest absolute Gasteiger partial charge is 0.598 e. The van der Waals surface area contributed by atoms with Crippen molar-refractivity contribution >= 4 is 23.0 Å². The van der Waals surface area contributed by atoms with Crippen molar-refractivity contribution < 1.29 is 18.1 Å². The number of halogens is 3. The van der Waals surface area contributed by atoms with E-state index in [-0.39, 0.29) is 16.5 Å². The molecule has 0 fully saturated rings. The summed E-state index contributed by atoms with van der Waals surface area (Å²) in [6.45, 7) is 6.77. The predicted molar refractivity (Wildman–Crippen MR) is 82.4 cm³/mol. The van der Waals surface area contributed by atoms with Crippen LogP contribution in [0.5, 0.6) is 5.75 Å². The lowest BCUT2D eigenvalue weighted by Gasteiger charge is -2.27. The second-order valence-corrected chi connectivity index (χ2v) is 8.01. The molecule has 120 valence electrons. The van der Waals surface area contributed by atoms with Crippen molar-refractivity contribution in [2.75, 3.05) is 6.61 Å². The van der Waals surface area contributed by atoms with Gasteiger partial charge < -0.3 is 9.29 Å². The number of alkyl halides is 2. The molecule has 0 aliphatic rings. The molecule has 21 heavy (non-hydrogen) atoms. The van der Waals surface area contributed by atoms with Crippen molar-refractivity contribution in [3.63, 3.8) is 0 Å². The minimum Gasteiger partial charge on any atom is -0.598 e. The summed E-state index contributed by atoms with van der Waals surface area (Å²) < 4.78 is 43.7. The minimum absolute atomic E-state index is 0.235. The molecule has 0 aromatic heterocycles. The average Bonchev–Trinajstić information content (AvgIpc) is 2.34. The molecule has 0 aliphatic heterocycles. The summed E-state index contributed by atoms with van der Waals surface area (Å²) in [7, 11) is 0. The maximum absolute atomic E-state index is 12.1. The monoisotopic (exact) mass is 339 g/mol. The van der Waals surface area contributed by atoms with Gasteiger partial charge in [0.1, 0.15) is 17.1 Å². The van der Waals surface area contributed by atoms with Crippen molar-refractivity contribution in [3.05, 3.63) is 28.8 Å². The van der Waals surface area contributed by atoms with Gasteiger partial charge in [-0.3, -0.25) is 0 Å². The molecule has 1 N–H and O–H groups in total. The number of benzene rings is 1. The molecule has 0 unspecified atom stereocenters. The zero-order valence-corrected chi connectivity index (χ0v) is 14.0. The Morgan fingerprint density at radius 1 is 1.38 bits per heavy atom. The van der Waals surface area contributed by atoms with E-state index in [0.717, 1.165) is 5.56 Å². The van der Waals surface area contributed by atoms with Gasteiger partial charge in [-0.1, -0.05) is 17.7 Å². The van der Waals surface area contributed by atoms with E-state index in [4.69, 9.17) is 16.3 Å². The number of rotatable bonds is 6. The Bertz CT molecular complexity index is 469. The topological polar surface area (TPSA) is 44.3 Å². The van der Waals surface area contributed by atoms with Gasteiger partial charge in [0.25, 0.3) is 6.43 Å². The lowest BCUT2D eigenvalue weighted by atomic mass is 10.1. The molecule has 0 radical (unpaired) electrons. The third kappa shape index (κ3) is 5.98. The fourth-order valence-corrected chi connectivity index (χ4v) is 2.64. The molecule has 0 bridgehead atoms. The summed E-state index contributed by atoms with van der Waals surface area (Å²) in [4.78, 5) is 0. The summed E-state index contributed by atoms with van der Waals surface area (Å²) in [5, 5.41) is 0.382. The first-order valence-corrected chi connectivity index (χ1v) is 8.02. The molecule has 1 rings (SSSR count). The molecule has 0 aliphatic carbocycles. The maximum Gasteiger partial charge on any atom is 0.272 e. The summed E-state index contributed by atoms with van der Waals surface area (Å²) >= 11 is 4.90. The van der Waals surface area contributed by atoms with Crippen molar-refractivity contribution in [1.29, 1.82) is 0 Å². The molecule has 3 nitrogen and oxygen atoms in total. The molecule has 0 saturated carbocycles. The summed E-state index contributed by atoms with van der Waals surface area (Å²) in [5.74, 6) is 0.285. The van der Waals surface area contributed by atoms with Gasteiger partial charge in [0, 0.05) is 16.4 Å². The summed E-state index contributed by atoms with van der Waals surface area (Å²) in [6, 6.07) is 4.50. The van der Waals surface area contributed by atoms with E-state index in [2.05, 4.69) is 4.72 Å². The molecule has 0 amide bonds. The quantitative estimate of drug-likeness (QED) is 0.794. The minimum atomic E-state index is -2.53. The van der Waals surface area contributed by atoms with E-state index >= 15 is 0 Å². The van der Waals surface area contributed by atoms with Crippen LogP contribution in [0.1, 0.15) is 39.3 Å². The highest BCUT2D eigenvalue weighted by Crippen LogP contribution is 2.29. The predicted octanol–water partition coefficient (Wildman–Crippen LogP) is 4.10. The Kier molecular flexibility index (Phi) is 6.71. The fraction of sp³-hybridized carbons (Fsp3) is 0.571. The van der Waals surface area contributed by atoms with Crippen LogP contribution in [-0.4, -0.2) is 22.3 Å². The number of ether oxygens (including phenoxy) is 1. The smallest absolute Gasteiger partial charge is 0.272 e. The van der Waals surface area contributed by atoms with Crippen LogP contribution in [0.2, 0.25) is 5.02 Å². The molecule has 7 heteroatoms. The number of hydrogen-bond donors (Lipinski definition) is 1. The third-order valence-corrected chi connectivity index (χ3v) is 4.66. The zero-order valence-electron chi connectivity index (χ0n) is 12.5. The van der Waals surface area contributed by atoms with Crippen LogP contribution in [0.3, 0.4) is 0 Å². The highest BCUT2D eigenvalue weighted by Gasteiger charge is 2.28. The van der Waals surface area contributed by atoms with Gasteiger partial charge in [0.15, 0.2) is 0 Å². The van der Waals surface area contributed by atoms with E-state index in [9.17, 15) is 13.3 Å². The summed E-state index contributed by atoms with van der Waals surface area (Å²) in [5.41, 5.74) is 0.735. The van der Waals surface area contributed by atoms with Crippen LogP contribution in [0, 0.1) is 0 Å². The van der Waals surface area contributed by atoms with Crippen LogP contribution in [0.25, 0.3) is 0 Å². The number of nitrogens with one attached hydrogen (secondary N) is 1. The van der Waals surface area contributed by atoms with E-state index in [1.807, 2.05) is 27.7 Å². The van der Waals surface area contributed by atoms with Gasteiger partial charge in [-0.25, -0.2) is 8.78 Å². The second kappa shape index (κ2) is 7.63. The van der Waals surface area contributed by atoms with Crippen LogP contribution >= 0.6 is 11.6 Å². The Hall–Kier alpha value is -0.560. The van der Waals surface area contributed by atoms with Crippen molar-refractivity contribution in [3.8, 4) is 5.75 Å². The lowest BCUT2D eigenvalue weighted by Crippen LogP contribution is -2.40. The van der Waals surface area contributed by atoms with E-state index < -0.39 is 24.4 Å². The van der Waals surface area contributed by atoms with E-state index in [1.165, 1.54) is 6.07 Å². The molecule has 0 spiro atoms. The van der Waals surface area contributed by atoms with Crippen LogP contribution < -0.4 is 9.46 Å². The van der Waals surface area contributed by atoms with Crippen molar-refractivity contribution in [2.24, 2.45) is 0 Å². The van der Waals surface area contributed by atoms with Crippen molar-refractivity contribution in [1.82, 2.24) is 4.72 Å². The first-order chi connectivity index (χ1) is 9.61. The Balaban J connectivity index is 2.75. The van der Waals surface area contributed by atoms with E-state index in [0.29, 0.717) is 5.02 Å². The zero-order chi connectivity index (χ0) is 16.2. The van der Waals surface area contributed by atoms with Gasteiger partial charge in [0.05, 0.1) is 6.04 Å². The Morgan fingerprint density at radius 3 is 2.48 bits per heavy atom. The molecule has 2 atom stereocenters. The Morgan fingerprint density at radius 2 is 2.00 bits per heavy atom. The maximum atomic E-state index is 12.1. The third-order valence-electron chi connectivity index (χ3n) is 2.65. The molecule has 0 heterocycles. The van der Waals surface area contributed by atoms with Gasteiger partial charge in [-0.05, 0) is 45.4 Å². The van der Waals surface area contributed by atoms with Gasteiger partial charge in [-0.2, -0.15) is 0 Å². The molecule has 1 aromatic carbocycles. The second-order valence-electron chi connectivity index (χ2n) is 5.61. The van der Waals surface area contributed by atoms with Crippen LogP contribution in [-0.2, 0) is 11.4 Å². The number of hydrogen-bond acceptors (Lipinski definition) is 3. The van der Waals surface area contributed by atoms with Gasteiger partial charge in [-0.15, -0.1) is 4.72 Å². The molecule has 0 saturated heterocycles. The molecular formula is C14H20ClF2NO2S. The molecular weight excluding hydrogens is 320 g/mol. The van der Waals surface area contributed by atoms with Crippen molar-refractivity contribution in [2.45, 2.75) is 44.9 Å². The van der Waals surface area contributed by atoms with Crippen LogP contribution in [0.15, 0.2) is 18.2 Å². The highest BCUT2D eigenvalue weighted by molar-refractivity contribution is 7.90. The normalized spacial score (nSPS) is 15.1. The molecule has 1 aromatic rings. The summed E-state index contributed by atoms with van der Waals surface area (Å²) in [6.07, 6.45) is -2.53. The van der Waals surface area contributed by atoms with E-state index in [1.54, 1.807) is 12.1 Å². The van der Waals surface area contributed by atoms with Crippen LogP contribution in [0.4, 0.5) is 8.78 Å².